The van der Waals surface area contributed by atoms with E-state index >= 15 is 0 Å². The highest BCUT2D eigenvalue weighted by molar-refractivity contribution is 5.90. The largest absolute Gasteiger partial charge is 0.353 e. The van der Waals surface area contributed by atoms with Gasteiger partial charge >= 0.3 is 0 Å². The number of hydrogen-bond acceptors (Lipinski definition) is 3. The number of rotatable bonds is 4. The molecule has 2 aromatic heterocycles. The van der Waals surface area contributed by atoms with Crippen molar-refractivity contribution in [1.82, 2.24) is 25.1 Å². The fourth-order valence-corrected chi connectivity index (χ4v) is 1.56. The van der Waals surface area contributed by atoms with Gasteiger partial charge in [0, 0.05) is 24.9 Å². The molecule has 0 bridgehead atoms. The minimum Gasteiger partial charge on any atom is -0.353 e. The van der Waals surface area contributed by atoms with E-state index in [2.05, 4.69) is 20.5 Å². The van der Waals surface area contributed by atoms with Crippen LogP contribution in [-0.2, 0) is 13.6 Å². The summed E-state index contributed by atoms with van der Waals surface area (Å²) in [5.41, 5.74) is 1.03. The molecule has 2 heterocycles. The Morgan fingerprint density at radius 2 is 2.33 bits per heavy atom. The number of aromatic amines is 1. The third-order valence-corrected chi connectivity index (χ3v) is 2.73. The number of nitrogens with zero attached hydrogens (tertiary/aromatic N) is 3. The number of aromatic nitrogens is 4. The Morgan fingerprint density at radius 1 is 1.56 bits per heavy atom. The van der Waals surface area contributed by atoms with Crippen molar-refractivity contribution in [2.24, 2.45) is 7.05 Å². The first-order valence-corrected chi connectivity index (χ1v) is 5.88. The van der Waals surface area contributed by atoms with Crippen molar-refractivity contribution in [3.63, 3.8) is 0 Å². The van der Waals surface area contributed by atoms with Crippen molar-refractivity contribution in [1.29, 1.82) is 0 Å². The van der Waals surface area contributed by atoms with Crippen LogP contribution in [0.5, 0.6) is 0 Å². The Kier molecular flexibility index (Phi) is 3.45. The average Bonchev–Trinajstić information content (AvgIpc) is 2.94. The van der Waals surface area contributed by atoms with Crippen LogP contribution in [0.25, 0.3) is 0 Å². The predicted molar refractivity (Wildman–Crippen MR) is 67.1 cm³/mol. The van der Waals surface area contributed by atoms with E-state index in [9.17, 15) is 4.79 Å². The van der Waals surface area contributed by atoms with Gasteiger partial charge in [-0.1, -0.05) is 13.8 Å². The molecule has 0 fully saturated rings. The lowest BCUT2D eigenvalue weighted by Crippen LogP contribution is -2.25. The molecular weight excluding hydrogens is 230 g/mol. The van der Waals surface area contributed by atoms with E-state index in [-0.39, 0.29) is 17.6 Å². The zero-order valence-electron chi connectivity index (χ0n) is 10.8. The normalized spacial score (nSPS) is 10.9. The Morgan fingerprint density at radius 3 is 2.89 bits per heavy atom. The van der Waals surface area contributed by atoms with Crippen molar-refractivity contribution in [2.45, 2.75) is 26.3 Å². The first-order chi connectivity index (χ1) is 8.58. The minimum atomic E-state index is -0.264. The predicted octanol–water partition coefficient (Wildman–Crippen LogP) is 1.20. The highest BCUT2D eigenvalue weighted by atomic mass is 16.2. The summed E-state index contributed by atoms with van der Waals surface area (Å²) in [6.07, 6.45) is 1.94. The molecule has 0 aliphatic carbocycles. The van der Waals surface area contributed by atoms with Gasteiger partial charge in [0.1, 0.15) is 5.82 Å². The molecule has 0 saturated carbocycles. The zero-order chi connectivity index (χ0) is 13.1. The fourth-order valence-electron chi connectivity index (χ4n) is 1.56. The van der Waals surface area contributed by atoms with Crippen LogP contribution < -0.4 is 5.32 Å². The SMILES string of the molecule is CC(C)c1nc(C(=O)NCc2cccn2C)n[nH]1. The number of nitrogens with one attached hydrogen (secondary N) is 2. The molecule has 0 aliphatic heterocycles. The van der Waals surface area contributed by atoms with Crippen LogP contribution in [0.15, 0.2) is 18.3 Å². The first kappa shape index (κ1) is 12.3. The molecule has 6 nitrogen and oxygen atoms in total. The molecule has 6 heteroatoms. The maximum absolute atomic E-state index is 11.8. The Hall–Kier alpha value is -2.11. The third-order valence-electron chi connectivity index (χ3n) is 2.73. The second kappa shape index (κ2) is 5.03. The number of H-pyrrole nitrogens is 1. The van der Waals surface area contributed by atoms with Crippen molar-refractivity contribution < 1.29 is 4.79 Å². The van der Waals surface area contributed by atoms with Gasteiger partial charge in [0.15, 0.2) is 0 Å². The van der Waals surface area contributed by atoms with Crippen LogP contribution in [0, 0.1) is 0 Å². The van der Waals surface area contributed by atoms with E-state index in [1.807, 2.05) is 43.8 Å². The van der Waals surface area contributed by atoms with Gasteiger partial charge < -0.3 is 9.88 Å². The molecular formula is C12H17N5O. The van der Waals surface area contributed by atoms with E-state index < -0.39 is 0 Å². The topological polar surface area (TPSA) is 75.6 Å². The summed E-state index contributed by atoms with van der Waals surface area (Å²) in [6.45, 7) is 4.45. The Bertz CT molecular complexity index is 540. The first-order valence-electron chi connectivity index (χ1n) is 5.88. The van der Waals surface area contributed by atoms with Crippen LogP contribution in [0.2, 0.25) is 0 Å². The van der Waals surface area contributed by atoms with E-state index in [4.69, 9.17) is 0 Å². The molecule has 2 aromatic rings. The molecule has 0 saturated heterocycles. The summed E-state index contributed by atoms with van der Waals surface area (Å²) in [5.74, 6) is 0.873. The summed E-state index contributed by atoms with van der Waals surface area (Å²) in [5, 5.41) is 9.46. The maximum atomic E-state index is 11.8. The molecule has 0 aromatic carbocycles. The van der Waals surface area contributed by atoms with E-state index in [0.29, 0.717) is 6.54 Å². The van der Waals surface area contributed by atoms with Gasteiger partial charge in [0.05, 0.1) is 6.54 Å². The molecule has 0 aliphatic rings. The maximum Gasteiger partial charge on any atom is 0.291 e. The van der Waals surface area contributed by atoms with Crippen LogP contribution in [0.3, 0.4) is 0 Å². The molecule has 0 spiro atoms. The fraction of sp³-hybridized carbons (Fsp3) is 0.417. The zero-order valence-corrected chi connectivity index (χ0v) is 10.8. The van der Waals surface area contributed by atoms with E-state index in [0.717, 1.165) is 11.5 Å². The smallest absolute Gasteiger partial charge is 0.291 e. The molecule has 18 heavy (non-hydrogen) atoms. The van der Waals surface area contributed by atoms with Gasteiger partial charge in [-0.25, -0.2) is 4.98 Å². The Balaban J connectivity index is 1.97. The van der Waals surface area contributed by atoms with Crippen LogP contribution in [0.4, 0.5) is 0 Å². The van der Waals surface area contributed by atoms with Crippen molar-refractivity contribution in [2.75, 3.05) is 0 Å². The van der Waals surface area contributed by atoms with Crippen molar-refractivity contribution >= 4 is 5.91 Å². The molecule has 96 valence electrons. The summed E-state index contributed by atoms with van der Waals surface area (Å²) >= 11 is 0. The quantitative estimate of drug-likeness (QED) is 0.852. The highest BCUT2D eigenvalue weighted by Gasteiger charge is 2.13. The number of hydrogen-bond donors (Lipinski definition) is 2. The van der Waals surface area contributed by atoms with Gasteiger partial charge in [-0.15, -0.1) is 5.10 Å². The summed E-state index contributed by atoms with van der Waals surface area (Å²) in [6, 6.07) is 3.89. The van der Waals surface area contributed by atoms with Crippen LogP contribution in [-0.4, -0.2) is 25.7 Å². The lowest BCUT2D eigenvalue weighted by Gasteiger charge is -2.03. The van der Waals surface area contributed by atoms with Gasteiger partial charge in [-0.05, 0) is 12.1 Å². The molecule has 0 radical (unpaired) electrons. The molecule has 0 atom stereocenters. The molecule has 0 unspecified atom stereocenters. The summed E-state index contributed by atoms with van der Waals surface area (Å²) in [4.78, 5) is 16.0. The van der Waals surface area contributed by atoms with Crippen LogP contribution in [0.1, 0.15) is 41.9 Å². The number of carbonyl (C=O) groups excluding carboxylic acids is 1. The van der Waals surface area contributed by atoms with Gasteiger partial charge in [0.25, 0.3) is 5.91 Å². The Labute approximate surface area is 105 Å². The van der Waals surface area contributed by atoms with E-state index in [1.165, 1.54) is 0 Å². The molecule has 1 amide bonds. The van der Waals surface area contributed by atoms with Crippen LogP contribution >= 0.6 is 0 Å². The monoisotopic (exact) mass is 247 g/mol. The summed E-state index contributed by atoms with van der Waals surface area (Å²) < 4.78 is 1.96. The second-order valence-corrected chi connectivity index (χ2v) is 4.49. The number of carbonyl (C=O) groups is 1. The second-order valence-electron chi connectivity index (χ2n) is 4.49. The van der Waals surface area contributed by atoms with Crippen molar-refractivity contribution in [3.8, 4) is 0 Å². The standard InChI is InChI=1S/C12H17N5O/c1-8(2)10-14-11(16-15-10)12(18)13-7-9-5-4-6-17(9)3/h4-6,8H,7H2,1-3H3,(H,13,18)(H,14,15,16). The van der Waals surface area contributed by atoms with Gasteiger partial charge in [0.2, 0.25) is 5.82 Å². The van der Waals surface area contributed by atoms with Gasteiger partial charge in [-0.3, -0.25) is 9.89 Å². The minimum absolute atomic E-state index is 0.188. The van der Waals surface area contributed by atoms with Gasteiger partial charge in [-0.2, -0.15) is 0 Å². The third kappa shape index (κ3) is 2.58. The molecule has 2 N–H and O–H groups in total. The average molecular weight is 247 g/mol. The highest BCUT2D eigenvalue weighted by Crippen LogP contribution is 2.07. The van der Waals surface area contributed by atoms with E-state index in [1.54, 1.807) is 0 Å². The van der Waals surface area contributed by atoms with Crippen molar-refractivity contribution in [3.05, 3.63) is 35.7 Å². The lowest BCUT2D eigenvalue weighted by molar-refractivity contribution is 0.0940. The lowest BCUT2D eigenvalue weighted by atomic mass is 10.2. The number of amides is 1. The molecule has 2 rings (SSSR count). The summed E-state index contributed by atoms with van der Waals surface area (Å²) in [7, 11) is 1.94. The number of aryl methyl sites for hydroxylation is 1.